The minimum atomic E-state index is 0.538. The van der Waals surface area contributed by atoms with E-state index in [2.05, 4.69) is 31.2 Å². The molecule has 0 aliphatic heterocycles. The standard InChI is InChI=1S/C14H20/c1-14-9-8-11(10-14)6-7-12-4-2-3-5-13(12)14/h2-3,8-9,11-13H,4-7,10H2,1H3. The zero-order chi connectivity index (χ0) is 9.60. The van der Waals surface area contributed by atoms with E-state index in [0.29, 0.717) is 5.41 Å². The highest BCUT2D eigenvalue weighted by molar-refractivity contribution is 5.16. The second-order valence-electron chi connectivity index (χ2n) is 5.72. The number of hydrogen-bond donors (Lipinski definition) is 0. The van der Waals surface area contributed by atoms with Crippen molar-refractivity contribution in [3.05, 3.63) is 24.3 Å². The van der Waals surface area contributed by atoms with Crippen LogP contribution in [-0.2, 0) is 0 Å². The molecule has 0 amide bonds. The molecule has 0 spiro atoms. The van der Waals surface area contributed by atoms with Crippen molar-refractivity contribution in [1.82, 2.24) is 0 Å². The van der Waals surface area contributed by atoms with Gasteiger partial charge in [-0.2, -0.15) is 0 Å². The summed E-state index contributed by atoms with van der Waals surface area (Å²) in [6.45, 7) is 2.49. The van der Waals surface area contributed by atoms with Gasteiger partial charge in [-0.05, 0) is 55.3 Å². The first-order valence-electron chi connectivity index (χ1n) is 6.12. The third-order valence-electron chi connectivity index (χ3n) is 4.77. The van der Waals surface area contributed by atoms with Crippen LogP contribution in [0, 0.1) is 23.2 Å². The van der Waals surface area contributed by atoms with Crippen molar-refractivity contribution >= 4 is 0 Å². The lowest BCUT2D eigenvalue weighted by Crippen LogP contribution is -2.30. The van der Waals surface area contributed by atoms with Crippen LogP contribution < -0.4 is 0 Å². The second kappa shape index (κ2) is 2.98. The van der Waals surface area contributed by atoms with Gasteiger partial charge in [-0.15, -0.1) is 0 Å². The van der Waals surface area contributed by atoms with E-state index >= 15 is 0 Å². The van der Waals surface area contributed by atoms with Crippen LogP contribution in [0.3, 0.4) is 0 Å². The SMILES string of the molecule is CC12C=CC(CCC3CC=CCC31)C2. The van der Waals surface area contributed by atoms with E-state index < -0.39 is 0 Å². The van der Waals surface area contributed by atoms with Gasteiger partial charge in [-0.1, -0.05) is 31.2 Å². The Morgan fingerprint density at radius 1 is 1.14 bits per heavy atom. The molecule has 4 atom stereocenters. The van der Waals surface area contributed by atoms with Gasteiger partial charge in [0.05, 0.1) is 0 Å². The Labute approximate surface area is 87.1 Å². The molecule has 0 heteroatoms. The van der Waals surface area contributed by atoms with Crippen LogP contribution in [0.1, 0.15) is 39.0 Å². The summed E-state index contributed by atoms with van der Waals surface area (Å²) in [5.74, 6) is 2.83. The molecule has 0 aromatic heterocycles. The van der Waals surface area contributed by atoms with Gasteiger partial charge in [0.25, 0.3) is 0 Å². The van der Waals surface area contributed by atoms with Crippen molar-refractivity contribution in [3.63, 3.8) is 0 Å². The van der Waals surface area contributed by atoms with E-state index in [1.165, 1.54) is 32.1 Å². The minimum absolute atomic E-state index is 0.538. The van der Waals surface area contributed by atoms with Gasteiger partial charge in [-0.25, -0.2) is 0 Å². The maximum atomic E-state index is 2.54. The van der Waals surface area contributed by atoms with E-state index in [1.54, 1.807) is 0 Å². The number of rotatable bonds is 0. The molecular weight excluding hydrogens is 168 g/mol. The van der Waals surface area contributed by atoms with E-state index in [-0.39, 0.29) is 0 Å². The van der Waals surface area contributed by atoms with Crippen molar-refractivity contribution in [1.29, 1.82) is 0 Å². The van der Waals surface area contributed by atoms with Crippen molar-refractivity contribution in [2.24, 2.45) is 23.2 Å². The van der Waals surface area contributed by atoms with Crippen LogP contribution >= 0.6 is 0 Å². The van der Waals surface area contributed by atoms with E-state index in [1.807, 2.05) is 0 Å². The quantitative estimate of drug-likeness (QED) is 0.505. The summed E-state index contributed by atoms with van der Waals surface area (Å²) in [5.41, 5.74) is 0.538. The first-order chi connectivity index (χ1) is 6.78. The summed E-state index contributed by atoms with van der Waals surface area (Å²) < 4.78 is 0. The highest BCUT2D eigenvalue weighted by Crippen LogP contribution is 2.53. The van der Waals surface area contributed by atoms with E-state index in [4.69, 9.17) is 0 Å². The van der Waals surface area contributed by atoms with Crippen LogP contribution in [0.4, 0.5) is 0 Å². The molecule has 3 rings (SSSR count). The second-order valence-corrected chi connectivity index (χ2v) is 5.72. The Morgan fingerprint density at radius 3 is 2.93 bits per heavy atom. The fraction of sp³-hybridized carbons (Fsp3) is 0.714. The number of hydrogen-bond acceptors (Lipinski definition) is 0. The lowest BCUT2D eigenvalue weighted by atomic mass is 9.66. The summed E-state index contributed by atoms with van der Waals surface area (Å²) in [6, 6.07) is 0. The highest BCUT2D eigenvalue weighted by atomic mass is 14.5. The minimum Gasteiger partial charge on any atom is -0.0882 e. The molecule has 14 heavy (non-hydrogen) atoms. The maximum Gasteiger partial charge on any atom is -0.0107 e. The van der Waals surface area contributed by atoms with Crippen molar-refractivity contribution in [2.75, 3.05) is 0 Å². The van der Waals surface area contributed by atoms with Gasteiger partial charge in [0.2, 0.25) is 0 Å². The lowest BCUT2D eigenvalue weighted by molar-refractivity contribution is 0.170. The van der Waals surface area contributed by atoms with E-state index in [0.717, 1.165) is 17.8 Å². The van der Waals surface area contributed by atoms with Gasteiger partial charge in [-0.3, -0.25) is 0 Å². The normalized spacial score (nSPS) is 50.2. The Kier molecular flexibility index (Phi) is 1.87. The highest BCUT2D eigenvalue weighted by Gasteiger charge is 2.43. The maximum absolute atomic E-state index is 2.54. The summed E-state index contributed by atoms with van der Waals surface area (Å²) >= 11 is 0. The lowest BCUT2D eigenvalue weighted by Gasteiger charge is -2.38. The molecule has 0 nitrogen and oxygen atoms in total. The first kappa shape index (κ1) is 8.76. The molecule has 0 aromatic carbocycles. The van der Waals surface area contributed by atoms with Crippen LogP contribution in [0.2, 0.25) is 0 Å². The molecule has 0 aromatic rings. The molecule has 76 valence electrons. The van der Waals surface area contributed by atoms with Crippen LogP contribution in [0.5, 0.6) is 0 Å². The van der Waals surface area contributed by atoms with Crippen LogP contribution in [0.25, 0.3) is 0 Å². The number of fused-ring (bicyclic) bond motifs is 4. The van der Waals surface area contributed by atoms with Crippen molar-refractivity contribution in [3.8, 4) is 0 Å². The van der Waals surface area contributed by atoms with Crippen LogP contribution in [0.15, 0.2) is 24.3 Å². The molecule has 1 saturated carbocycles. The molecule has 3 aliphatic carbocycles. The van der Waals surface area contributed by atoms with E-state index in [9.17, 15) is 0 Å². The van der Waals surface area contributed by atoms with Gasteiger partial charge in [0.15, 0.2) is 0 Å². The average Bonchev–Trinajstić information content (AvgIpc) is 2.51. The number of allylic oxidation sites excluding steroid dienone is 4. The molecule has 0 heterocycles. The Balaban J connectivity index is 1.95. The fourth-order valence-corrected chi connectivity index (χ4v) is 3.96. The van der Waals surface area contributed by atoms with Gasteiger partial charge < -0.3 is 0 Å². The molecule has 0 saturated heterocycles. The summed E-state index contributed by atoms with van der Waals surface area (Å²) in [7, 11) is 0. The zero-order valence-electron chi connectivity index (χ0n) is 9.08. The molecule has 2 bridgehead atoms. The predicted octanol–water partition coefficient (Wildman–Crippen LogP) is 3.95. The summed E-state index contributed by atoms with van der Waals surface area (Å²) in [4.78, 5) is 0. The largest absolute Gasteiger partial charge is 0.0882 e. The van der Waals surface area contributed by atoms with Gasteiger partial charge >= 0.3 is 0 Å². The third-order valence-corrected chi connectivity index (χ3v) is 4.77. The predicted molar refractivity (Wildman–Crippen MR) is 59.9 cm³/mol. The topological polar surface area (TPSA) is 0 Å². The average molecular weight is 188 g/mol. The molecular formula is C14H20. The van der Waals surface area contributed by atoms with Crippen LogP contribution in [-0.4, -0.2) is 0 Å². The molecule has 0 radical (unpaired) electrons. The Bertz CT molecular complexity index is 286. The summed E-state index contributed by atoms with van der Waals surface area (Å²) in [6.07, 6.45) is 16.9. The molecule has 3 aliphatic rings. The molecule has 4 unspecified atom stereocenters. The van der Waals surface area contributed by atoms with Gasteiger partial charge in [0, 0.05) is 0 Å². The third kappa shape index (κ3) is 1.20. The zero-order valence-corrected chi connectivity index (χ0v) is 9.08. The monoisotopic (exact) mass is 188 g/mol. The first-order valence-corrected chi connectivity index (χ1v) is 6.12. The van der Waals surface area contributed by atoms with Crippen molar-refractivity contribution in [2.45, 2.75) is 39.0 Å². The fourth-order valence-electron chi connectivity index (χ4n) is 3.96. The Morgan fingerprint density at radius 2 is 2.00 bits per heavy atom. The smallest absolute Gasteiger partial charge is 0.0107 e. The van der Waals surface area contributed by atoms with Gasteiger partial charge in [0.1, 0.15) is 0 Å². The van der Waals surface area contributed by atoms with Crippen molar-refractivity contribution < 1.29 is 0 Å². The summed E-state index contributed by atoms with van der Waals surface area (Å²) in [5, 5.41) is 0. The molecule has 0 N–H and O–H groups in total. The molecule has 1 fully saturated rings. The Hall–Kier alpha value is -0.520.